The highest BCUT2D eigenvalue weighted by Gasteiger charge is 2.36. The molecule has 4 rings (SSSR count). The molecule has 2 unspecified atom stereocenters. The second-order valence-corrected chi connectivity index (χ2v) is 9.97. The van der Waals surface area contributed by atoms with Gasteiger partial charge in [0.15, 0.2) is 10.8 Å². The molecular weight excluding hydrogens is 442 g/mol. The van der Waals surface area contributed by atoms with Crippen molar-refractivity contribution in [2.45, 2.75) is 47.0 Å². The fourth-order valence-electron chi connectivity index (χ4n) is 5.27. The van der Waals surface area contributed by atoms with Crippen LogP contribution in [0.3, 0.4) is 0 Å². The molecule has 2 atom stereocenters. The number of hydrazone groups is 1. The van der Waals surface area contributed by atoms with Crippen LogP contribution in [0.1, 0.15) is 50.8 Å². The lowest BCUT2D eigenvalue weighted by atomic mass is 9.92. The van der Waals surface area contributed by atoms with Crippen molar-refractivity contribution in [2.75, 3.05) is 30.0 Å². The monoisotopic (exact) mass is 477 g/mol. The largest absolute Gasteiger partial charge is 0.331 e. The fraction of sp³-hybridized carbons (Fsp3) is 0.444. The lowest BCUT2D eigenvalue weighted by molar-refractivity contribution is -0.112. The fourth-order valence-corrected chi connectivity index (χ4v) is 5.42. The van der Waals surface area contributed by atoms with E-state index in [1.807, 2.05) is 29.2 Å². The molecule has 2 aliphatic rings. The first-order chi connectivity index (χ1) is 16.4. The number of fused-ring (bicyclic) bond motifs is 1. The molecule has 0 aliphatic carbocycles. The molecule has 7 heteroatoms. The maximum Gasteiger partial charge on any atom is 0.280 e. The highest BCUT2D eigenvalue weighted by molar-refractivity contribution is 7.80. The van der Waals surface area contributed by atoms with Gasteiger partial charge in [-0.15, -0.1) is 0 Å². The highest BCUT2D eigenvalue weighted by atomic mass is 32.1. The van der Waals surface area contributed by atoms with Crippen LogP contribution in [0.4, 0.5) is 11.4 Å². The van der Waals surface area contributed by atoms with Gasteiger partial charge in [0.05, 0.1) is 12.4 Å². The molecule has 6 nitrogen and oxygen atoms in total. The first-order valence-corrected chi connectivity index (χ1v) is 12.7. The molecule has 1 amide bonds. The molecular formula is C27H35N5OS. The Morgan fingerprint density at radius 3 is 2.32 bits per heavy atom. The summed E-state index contributed by atoms with van der Waals surface area (Å²) in [6.45, 7) is 11.4. The molecule has 0 bridgehead atoms. The summed E-state index contributed by atoms with van der Waals surface area (Å²) < 4.78 is 0. The average Bonchev–Trinajstić information content (AvgIpc) is 3.08. The Labute approximate surface area is 208 Å². The van der Waals surface area contributed by atoms with E-state index in [4.69, 9.17) is 12.2 Å². The summed E-state index contributed by atoms with van der Waals surface area (Å²) in [6.07, 6.45) is 3.05. The zero-order chi connectivity index (χ0) is 24.2. The maximum atomic E-state index is 13.4. The van der Waals surface area contributed by atoms with Gasteiger partial charge in [-0.05, 0) is 60.5 Å². The predicted octanol–water partition coefficient (Wildman–Crippen LogP) is 4.78. The quantitative estimate of drug-likeness (QED) is 0.463. The van der Waals surface area contributed by atoms with Crippen LogP contribution in [-0.4, -0.2) is 41.4 Å². The van der Waals surface area contributed by atoms with Gasteiger partial charge in [0.2, 0.25) is 0 Å². The molecule has 0 spiro atoms. The van der Waals surface area contributed by atoms with Crippen LogP contribution in [0, 0.1) is 11.8 Å². The van der Waals surface area contributed by atoms with Gasteiger partial charge in [0.1, 0.15) is 0 Å². The summed E-state index contributed by atoms with van der Waals surface area (Å²) >= 11 is 5.55. The van der Waals surface area contributed by atoms with E-state index >= 15 is 0 Å². The molecule has 0 radical (unpaired) electrons. The standard InChI is InChI=1S/C27H35N5OS/c1-5-20-10-9-11-21(6-2)24(20)28-27(34)30-29-25-22-12-7-8-13-23(22)32(26(25)33)17-31-15-18(3)14-19(4)16-31/h7-13,18-19H,5-6,14-17H2,1-4H3,(H2,28,30,34)/b29-25-. The van der Waals surface area contributed by atoms with Crippen molar-refractivity contribution in [3.8, 4) is 0 Å². The molecule has 2 heterocycles. The molecule has 0 aromatic heterocycles. The predicted molar refractivity (Wildman–Crippen MR) is 144 cm³/mol. The molecule has 34 heavy (non-hydrogen) atoms. The maximum absolute atomic E-state index is 13.4. The Morgan fingerprint density at radius 1 is 1.03 bits per heavy atom. The second-order valence-electron chi connectivity index (χ2n) is 9.56. The van der Waals surface area contributed by atoms with Crippen molar-refractivity contribution in [1.82, 2.24) is 10.3 Å². The number of carbonyl (C=O) groups is 1. The van der Waals surface area contributed by atoms with E-state index < -0.39 is 0 Å². The number of rotatable bonds is 6. The van der Waals surface area contributed by atoms with Crippen molar-refractivity contribution in [2.24, 2.45) is 16.9 Å². The van der Waals surface area contributed by atoms with Crippen LogP contribution in [-0.2, 0) is 17.6 Å². The first-order valence-electron chi connectivity index (χ1n) is 12.3. The zero-order valence-electron chi connectivity index (χ0n) is 20.6. The van der Waals surface area contributed by atoms with Gasteiger partial charge in [-0.2, -0.15) is 5.10 Å². The number of likely N-dealkylation sites (tertiary alicyclic amines) is 1. The van der Waals surface area contributed by atoms with Gasteiger partial charge in [0, 0.05) is 24.3 Å². The number of hydrogen-bond acceptors (Lipinski definition) is 4. The number of anilines is 2. The Bertz CT molecular complexity index is 1070. The number of thiocarbonyl (C=S) groups is 1. The summed E-state index contributed by atoms with van der Waals surface area (Å²) in [6, 6.07) is 14.1. The lowest BCUT2D eigenvalue weighted by Crippen LogP contribution is -2.47. The number of nitrogens with zero attached hydrogens (tertiary/aromatic N) is 3. The number of piperidine rings is 1. The van der Waals surface area contributed by atoms with Crippen molar-refractivity contribution in [3.05, 3.63) is 59.2 Å². The van der Waals surface area contributed by atoms with Crippen molar-refractivity contribution in [1.29, 1.82) is 0 Å². The average molecular weight is 478 g/mol. The molecule has 1 fully saturated rings. The summed E-state index contributed by atoms with van der Waals surface area (Å²) in [4.78, 5) is 17.7. The van der Waals surface area contributed by atoms with Crippen LogP contribution >= 0.6 is 12.2 Å². The van der Waals surface area contributed by atoms with E-state index in [0.717, 1.165) is 42.9 Å². The minimum atomic E-state index is -0.0921. The molecule has 2 aromatic rings. The van der Waals surface area contributed by atoms with Gasteiger partial charge in [-0.25, -0.2) is 0 Å². The summed E-state index contributed by atoms with van der Waals surface area (Å²) in [5.74, 6) is 1.17. The molecule has 180 valence electrons. The van der Waals surface area contributed by atoms with E-state index in [1.165, 1.54) is 17.5 Å². The van der Waals surface area contributed by atoms with Gasteiger partial charge in [-0.3, -0.25) is 20.0 Å². The summed E-state index contributed by atoms with van der Waals surface area (Å²) in [5.41, 5.74) is 8.51. The van der Waals surface area contributed by atoms with Crippen molar-refractivity contribution >= 4 is 40.3 Å². The van der Waals surface area contributed by atoms with E-state index in [2.05, 4.69) is 66.6 Å². The van der Waals surface area contributed by atoms with E-state index in [9.17, 15) is 4.79 Å². The number of amides is 1. The molecule has 2 N–H and O–H groups in total. The van der Waals surface area contributed by atoms with Crippen LogP contribution in [0.5, 0.6) is 0 Å². The van der Waals surface area contributed by atoms with Crippen LogP contribution in [0.2, 0.25) is 0 Å². The number of hydrogen-bond donors (Lipinski definition) is 2. The number of carbonyl (C=O) groups excluding carboxylic acids is 1. The highest BCUT2D eigenvalue weighted by Crippen LogP contribution is 2.30. The minimum Gasteiger partial charge on any atom is -0.331 e. The topological polar surface area (TPSA) is 60.0 Å². The smallest absolute Gasteiger partial charge is 0.280 e. The van der Waals surface area contributed by atoms with Crippen LogP contribution < -0.4 is 15.6 Å². The molecule has 2 aliphatic heterocycles. The Balaban J connectivity index is 1.51. The van der Waals surface area contributed by atoms with Crippen LogP contribution in [0.15, 0.2) is 47.6 Å². The first kappa shape index (κ1) is 24.4. The molecule has 1 saturated heterocycles. The minimum absolute atomic E-state index is 0.0921. The third kappa shape index (κ3) is 5.15. The Kier molecular flexibility index (Phi) is 7.63. The van der Waals surface area contributed by atoms with Gasteiger partial charge in [0.25, 0.3) is 5.91 Å². The van der Waals surface area contributed by atoms with Gasteiger partial charge >= 0.3 is 0 Å². The second kappa shape index (κ2) is 10.7. The number of para-hydroxylation sites is 2. The molecule has 0 saturated carbocycles. The van der Waals surface area contributed by atoms with Gasteiger partial charge < -0.3 is 5.32 Å². The summed E-state index contributed by atoms with van der Waals surface area (Å²) in [7, 11) is 0. The number of benzene rings is 2. The van der Waals surface area contributed by atoms with E-state index in [1.54, 1.807) is 0 Å². The zero-order valence-corrected chi connectivity index (χ0v) is 21.4. The Morgan fingerprint density at radius 2 is 1.68 bits per heavy atom. The van der Waals surface area contributed by atoms with Crippen LogP contribution in [0.25, 0.3) is 0 Å². The van der Waals surface area contributed by atoms with E-state index in [-0.39, 0.29) is 5.91 Å². The van der Waals surface area contributed by atoms with E-state index in [0.29, 0.717) is 29.3 Å². The van der Waals surface area contributed by atoms with Gasteiger partial charge in [-0.1, -0.05) is 64.1 Å². The Hall–Kier alpha value is -2.77. The lowest BCUT2D eigenvalue weighted by Gasteiger charge is -2.37. The number of nitrogens with one attached hydrogen (secondary N) is 2. The van der Waals surface area contributed by atoms with Crippen molar-refractivity contribution < 1.29 is 4.79 Å². The number of aryl methyl sites for hydroxylation is 2. The normalized spacial score (nSPS) is 21.6. The SMILES string of the molecule is CCc1cccc(CC)c1NC(=S)N/N=C1\C(=O)N(CN2CC(C)CC(C)C2)c2ccccc21. The third-order valence-electron chi connectivity index (χ3n) is 6.69. The third-order valence-corrected chi connectivity index (χ3v) is 6.88. The van der Waals surface area contributed by atoms with Crippen molar-refractivity contribution in [3.63, 3.8) is 0 Å². The molecule has 2 aromatic carbocycles. The summed E-state index contributed by atoms with van der Waals surface area (Å²) in [5, 5.41) is 8.17.